The Kier molecular flexibility index (Phi) is 4.51. The van der Waals surface area contributed by atoms with Crippen LogP contribution in [0.1, 0.15) is 26.8 Å². The van der Waals surface area contributed by atoms with Crippen LogP contribution in [0.2, 0.25) is 0 Å². The number of urea groups is 1. The van der Waals surface area contributed by atoms with Crippen molar-refractivity contribution in [1.82, 2.24) is 15.0 Å². The van der Waals surface area contributed by atoms with Gasteiger partial charge >= 0.3 is 6.03 Å². The van der Waals surface area contributed by atoms with Crippen molar-refractivity contribution >= 4 is 34.1 Å². The van der Waals surface area contributed by atoms with E-state index in [9.17, 15) is 9.59 Å². The smallest absolute Gasteiger partial charge is 0.322 e. The first-order valence-corrected chi connectivity index (χ1v) is 10.1. The molecular formula is C19H17N5O5S. The lowest BCUT2D eigenvalue weighted by Gasteiger charge is -2.26. The number of benzene rings is 1. The van der Waals surface area contributed by atoms with Crippen molar-refractivity contribution in [2.24, 2.45) is 0 Å². The highest BCUT2D eigenvalue weighted by Gasteiger charge is 2.25. The molecule has 0 unspecified atom stereocenters. The minimum absolute atomic E-state index is 0.183. The predicted octanol–water partition coefficient (Wildman–Crippen LogP) is 3.01. The van der Waals surface area contributed by atoms with Crippen molar-refractivity contribution in [2.45, 2.75) is 19.9 Å². The topological polar surface area (TPSA) is 119 Å². The van der Waals surface area contributed by atoms with E-state index in [1.807, 2.05) is 0 Å². The number of nitrogens with zero attached hydrogens (tertiary/aromatic N) is 3. The Bertz CT molecular complexity index is 1140. The molecule has 30 heavy (non-hydrogen) atoms. The van der Waals surface area contributed by atoms with Crippen molar-refractivity contribution in [2.75, 3.05) is 24.0 Å². The summed E-state index contributed by atoms with van der Waals surface area (Å²) in [6, 6.07) is 6.62. The molecule has 2 aliphatic rings. The van der Waals surface area contributed by atoms with Crippen LogP contribution in [0.5, 0.6) is 11.5 Å². The van der Waals surface area contributed by atoms with Crippen molar-refractivity contribution in [3.8, 4) is 11.5 Å². The molecule has 154 valence electrons. The van der Waals surface area contributed by atoms with Gasteiger partial charge in [0.25, 0.3) is 5.91 Å². The summed E-state index contributed by atoms with van der Waals surface area (Å²) in [5.74, 6) is 1.45. The highest BCUT2D eigenvalue weighted by molar-refractivity contribution is 7.15. The molecule has 0 aliphatic carbocycles. The van der Waals surface area contributed by atoms with E-state index in [0.717, 1.165) is 10.6 Å². The number of hydrogen-bond donors (Lipinski definition) is 2. The lowest BCUT2D eigenvalue weighted by Crippen LogP contribution is -2.38. The third-order valence-electron chi connectivity index (χ3n) is 4.72. The van der Waals surface area contributed by atoms with E-state index < -0.39 is 0 Å². The van der Waals surface area contributed by atoms with E-state index in [-0.39, 0.29) is 24.4 Å². The Morgan fingerprint density at radius 1 is 1.17 bits per heavy atom. The normalized spacial score (nSPS) is 14.4. The van der Waals surface area contributed by atoms with Crippen molar-refractivity contribution in [3.05, 3.63) is 46.3 Å². The number of rotatable bonds is 3. The maximum atomic E-state index is 12.7. The Morgan fingerprint density at radius 2 is 2.03 bits per heavy atom. The number of carbonyl (C=O) groups excluding carboxylic acids is 2. The second-order valence-corrected chi connectivity index (χ2v) is 7.92. The number of ether oxygens (including phenoxy) is 2. The molecule has 0 saturated heterocycles. The fraction of sp³-hybridized carbons (Fsp3) is 0.263. The summed E-state index contributed by atoms with van der Waals surface area (Å²) < 4.78 is 15.5. The van der Waals surface area contributed by atoms with Gasteiger partial charge in [-0.2, -0.15) is 0 Å². The Balaban J connectivity index is 1.23. The number of amides is 3. The molecular weight excluding hydrogens is 410 g/mol. The van der Waals surface area contributed by atoms with Gasteiger partial charge in [-0.25, -0.2) is 9.78 Å². The van der Waals surface area contributed by atoms with Crippen LogP contribution in [0.15, 0.2) is 28.8 Å². The second-order valence-electron chi connectivity index (χ2n) is 6.84. The van der Waals surface area contributed by atoms with Crippen LogP contribution in [0, 0.1) is 6.92 Å². The van der Waals surface area contributed by atoms with Gasteiger partial charge in [0.05, 0.1) is 12.2 Å². The van der Waals surface area contributed by atoms with Crippen LogP contribution in [-0.2, 0) is 13.0 Å². The summed E-state index contributed by atoms with van der Waals surface area (Å²) >= 11 is 1.35. The number of anilines is 2. The summed E-state index contributed by atoms with van der Waals surface area (Å²) in [5.41, 5.74) is 1.72. The van der Waals surface area contributed by atoms with Gasteiger partial charge in [0.2, 0.25) is 6.79 Å². The molecule has 3 aromatic rings. The molecule has 2 N–H and O–H groups in total. The quantitative estimate of drug-likeness (QED) is 0.659. The summed E-state index contributed by atoms with van der Waals surface area (Å²) in [4.78, 5) is 32.0. The largest absolute Gasteiger partial charge is 0.454 e. The predicted molar refractivity (Wildman–Crippen MR) is 107 cm³/mol. The van der Waals surface area contributed by atoms with Crippen LogP contribution < -0.4 is 20.1 Å². The highest BCUT2D eigenvalue weighted by Crippen LogP contribution is 2.34. The van der Waals surface area contributed by atoms with E-state index in [4.69, 9.17) is 14.0 Å². The number of aryl methyl sites for hydroxylation is 1. The van der Waals surface area contributed by atoms with E-state index in [1.54, 1.807) is 36.1 Å². The van der Waals surface area contributed by atoms with Gasteiger partial charge in [-0.1, -0.05) is 16.5 Å². The minimum atomic E-state index is -0.379. The van der Waals surface area contributed by atoms with Crippen LogP contribution in [-0.4, -0.2) is 40.3 Å². The van der Waals surface area contributed by atoms with E-state index in [1.165, 1.54) is 11.3 Å². The highest BCUT2D eigenvalue weighted by atomic mass is 32.1. The molecule has 1 aromatic carbocycles. The fourth-order valence-corrected chi connectivity index (χ4v) is 4.25. The zero-order valence-electron chi connectivity index (χ0n) is 15.9. The van der Waals surface area contributed by atoms with Crippen LogP contribution in [0.3, 0.4) is 0 Å². The number of thiazole rings is 1. The molecule has 0 fully saturated rings. The zero-order chi connectivity index (χ0) is 20.7. The molecule has 10 nitrogen and oxygen atoms in total. The molecule has 2 aromatic heterocycles. The molecule has 5 rings (SSSR count). The number of fused-ring (bicyclic) bond motifs is 2. The summed E-state index contributed by atoms with van der Waals surface area (Å²) in [5, 5.41) is 9.80. The molecule has 3 amide bonds. The number of hydrogen-bond acceptors (Lipinski definition) is 8. The first kappa shape index (κ1) is 18.4. The standard InChI is InChI=1S/C19H17N5O5S/c1-10-6-13(23-29-10)17(25)22-18-21-12-4-5-24(8-16(12)30-18)19(26)20-11-2-3-14-15(7-11)28-9-27-14/h2-3,6-7H,4-5,8-9H2,1H3,(H,20,26)(H,21,22,25). The molecule has 0 saturated carbocycles. The van der Waals surface area contributed by atoms with Crippen LogP contribution in [0.25, 0.3) is 0 Å². The fourth-order valence-electron chi connectivity index (χ4n) is 3.23. The average Bonchev–Trinajstić information content (AvgIpc) is 3.45. The molecule has 0 spiro atoms. The summed E-state index contributed by atoms with van der Waals surface area (Å²) in [7, 11) is 0. The van der Waals surface area contributed by atoms with E-state index in [0.29, 0.717) is 47.6 Å². The van der Waals surface area contributed by atoms with Gasteiger partial charge in [-0.15, -0.1) is 0 Å². The lowest BCUT2D eigenvalue weighted by atomic mass is 10.2. The van der Waals surface area contributed by atoms with Gasteiger partial charge in [-0.3, -0.25) is 10.1 Å². The lowest BCUT2D eigenvalue weighted by molar-refractivity contribution is 0.101. The maximum absolute atomic E-state index is 12.7. The van der Waals surface area contributed by atoms with Crippen molar-refractivity contribution in [3.63, 3.8) is 0 Å². The van der Waals surface area contributed by atoms with Gasteiger partial charge in [-0.05, 0) is 19.1 Å². The monoisotopic (exact) mass is 427 g/mol. The molecule has 11 heteroatoms. The van der Waals surface area contributed by atoms with Gasteiger partial charge in [0, 0.05) is 35.7 Å². The summed E-state index contributed by atoms with van der Waals surface area (Å²) in [6.45, 7) is 2.85. The first-order valence-electron chi connectivity index (χ1n) is 9.24. The van der Waals surface area contributed by atoms with Crippen molar-refractivity contribution in [1.29, 1.82) is 0 Å². The van der Waals surface area contributed by atoms with Crippen LogP contribution >= 0.6 is 11.3 Å². The Morgan fingerprint density at radius 3 is 2.87 bits per heavy atom. The van der Waals surface area contributed by atoms with Gasteiger partial charge < -0.3 is 24.2 Å². The summed E-state index contributed by atoms with van der Waals surface area (Å²) in [6.07, 6.45) is 0.610. The molecule has 2 aliphatic heterocycles. The third kappa shape index (κ3) is 3.54. The van der Waals surface area contributed by atoms with Crippen LogP contribution in [0.4, 0.5) is 15.6 Å². The molecule has 4 heterocycles. The minimum Gasteiger partial charge on any atom is -0.454 e. The Hall–Kier alpha value is -3.60. The van der Waals surface area contributed by atoms with E-state index >= 15 is 0 Å². The third-order valence-corrected chi connectivity index (χ3v) is 5.72. The zero-order valence-corrected chi connectivity index (χ0v) is 16.7. The molecule has 0 radical (unpaired) electrons. The Labute approximate surface area is 174 Å². The maximum Gasteiger partial charge on any atom is 0.322 e. The number of nitrogens with one attached hydrogen (secondary N) is 2. The van der Waals surface area contributed by atoms with Gasteiger partial charge in [0.15, 0.2) is 22.3 Å². The van der Waals surface area contributed by atoms with Crippen molar-refractivity contribution < 1.29 is 23.6 Å². The number of aromatic nitrogens is 2. The average molecular weight is 427 g/mol. The SMILES string of the molecule is Cc1cc(C(=O)Nc2nc3c(s2)CN(C(=O)Nc2ccc4c(c2)OCO4)CC3)no1. The first-order chi connectivity index (χ1) is 14.5. The van der Waals surface area contributed by atoms with Gasteiger partial charge in [0.1, 0.15) is 5.76 Å². The number of carbonyl (C=O) groups is 2. The molecule has 0 atom stereocenters. The van der Waals surface area contributed by atoms with E-state index in [2.05, 4.69) is 20.8 Å². The molecule has 0 bridgehead atoms. The second kappa shape index (κ2) is 7.34.